The highest BCUT2D eigenvalue weighted by Gasteiger charge is 2.28. The molecule has 1 aromatic heterocycles. The first-order chi connectivity index (χ1) is 13.6. The first-order valence-corrected chi connectivity index (χ1v) is 12.1. The number of hydrogen-bond acceptors (Lipinski definition) is 5. The molecule has 4 rings (SSSR count). The molecule has 0 radical (unpaired) electrons. The minimum atomic E-state index is -3.38. The summed E-state index contributed by atoms with van der Waals surface area (Å²) in [6.45, 7) is 3.18. The highest BCUT2D eigenvalue weighted by Crippen LogP contribution is 2.35. The van der Waals surface area contributed by atoms with Crippen LogP contribution in [-0.4, -0.2) is 20.9 Å². The second-order valence-electron chi connectivity index (χ2n) is 9.09. The number of fused-ring (bicyclic) bond motifs is 1. The van der Waals surface area contributed by atoms with E-state index in [9.17, 15) is 14.1 Å². The van der Waals surface area contributed by atoms with Gasteiger partial charge in [0.05, 0.1) is 17.6 Å². The molecule has 0 saturated heterocycles. The van der Waals surface area contributed by atoms with Gasteiger partial charge in [0.1, 0.15) is 9.73 Å². The molecule has 1 heterocycles. The molecular formula is C23H29NO4S. The largest absolute Gasteiger partial charge is 0.454 e. The summed E-state index contributed by atoms with van der Waals surface area (Å²) in [6.07, 6.45) is 8.42. The van der Waals surface area contributed by atoms with Crippen LogP contribution in [0, 0.1) is 10.7 Å². The average Bonchev–Trinajstić information content (AvgIpc) is 3.04. The summed E-state index contributed by atoms with van der Waals surface area (Å²) < 4.78 is 26.4. The summed E-state index contributed by atoms with van der Waals surface area (Å²) in [5.74, 6) is 0.158. The predicted molar refractivity (Wildman–Crippen MR) is 112 cm³/mol. The molecule has 2 aromatic rings. The Morgan fingerprint density at radius 2 is 2.07 bits per heavy atom. The van der Waals surface area contributed by atoms with Crippen molar-refractivity contribution in [3.8, 4) is 0 Å². The van der Waals surface area contributed by atoms with Gasteiger partial charge in [0.25, 0.3) is 0 Å². The van der Waals surface area contributed by atoms with Crippen molar-refractivity contribution in [2.75, 3.05) is 5.75 Å². The zero-order valence-electron chi connectivity index (χ0n) is 17.1. The standard InChI is InChI=1S/C23H29NO4S/c1-23(2,26)18-11-22(28-13-18)29(24,27)14-19(25)12-21-17(10-15-4-3-5-15)7-6-16-8-9-20(16)21/h6-7,11,13,15,24,26H,3-5,8-10,12,14H2,1-2H3/t29-/m0/s1. The van der Waals surface area contributed by atoms with Gasteiger partial charge >= 0.3 is 0 Å². The van der Waals surface area contributed by atoms with Crippen molar-refractivity contribution in [1.82, 2.24) is 0 Å². The van der Waals surface area contributed by atoms with Crippen molar-refractivity contribution in [1.29, 1.82) is 4.78 Å². The van der Waals surface area contributed by atoms with Gasteiger partial charge in [-0.25, -0.2) is 8.99 Å². The number of aliphatic hydroxyl groups is 1. The van der Waals surface area contributed by atoms with Gasteiger partial charge in [0.15, 0.2) is 10.9 Å². The molecule has 156 valence electrons. The van der Waals surface area contributed by atoms with Gasteiger partial charge in [-0.3, -0.25) is 4.79 Å². The Morgan fingerprint density at radius 1 is 1.31 bits per heavy atom. The third-order valence-electron chi connectivity index (χ3n) is 6.35. The van der Waals surface area contributed by atoms with E-state index >= 15 is 0 Å². The number of Topliss-reactive ketones (excluding diaryl/α,β-unsaturated/α-hetero) is 1. The van der Waals surface area contributed by atoms with Gasteiger partial charge in [-0.2, -0.15) is 0 Å². The van der Waals surface area contributed by atoms with Crippen LogP contribution in [0.2, 0.25) is 0 Å². The normalized spacial score (nSPS) is 18.4. The molecule has 0 aliphatic heterocycles. The Bertz CT molecular complexity index is 1040. The number of benzene rings is 1. The van der Waals surface area contributed by atoms with Gasteiger partial charge in [-0.05, 0) is 61.3 Å². The second-order valence-corrected chi connectivity index (χ2v) is 11.1. The molecule has 0 amide bonds. The highest BCUT2D eigenvalue weighted by molar-refractivity contribution is 7.93. The Balaban J connectivity index is 1.51. The van der Waals surface area contributed by atoms with Crippen molar-refractivity contribution >= 4 is 15.5 Å². The molecule has 1 atom stereocenters. The molecule has 5 nitrogen and oxygen atoms in total. The van der Waals surface area contributed by atoms with E-state index in [0.29, 0.717) is 11.5 Å². The average molecular weight is 416 g/mol. The van der Waals surface area contributed by atoms with E-state index in [0.717, 1.165) is 24.8 Å². The summed E-state index contributed by atoms with van der Waals surface area (Å²) in [4.78, 5) is 12.8. The second kappa shape index (κ2) is 7.40. The van der Waals surface area contributed by atoms with Crippen LogP contribution < -0.4 is 0 Å². The summed E-state index contributed by atoms with van der Waals surface area (Å²) in [5, 5.41) is 10.0. The van der Waals surface area contributed by atoms with Crippen LogP contribution in [-0.2, 0) is 45.8 Å². The Hall–Kier alpha value is -1.92. The molecule has 0 bridgehead atoms. The van der Waals surface area contributed by atoms with Crippen molar-refractivity contribution in [2.24, 2.45) is 5.92 Å². The van der Waals surface area contributed by atoms with Gasteiger partial charge in [0.2, 0.25) is 0 Å². The minimum absolute atomic E-state index is 0.0428. The third-order valence-corrected chi connectivity index (χ3v) is 7.94. The molecule has 1 aromatic carbocycles. The van der Waals surface area contributed by atoms with Crippen molar-refractivity contribution in [2.45, 2.75) is 69.5 Å². The lowest BCUT2D eigenvalue weighted by Crippen LogP contribution is -2.23. The van der Waals surface area contributed by atoms with Gasteiger partial charge < -0.3 is 9.52 Å². The predicted octanol–water partition coefficient (Wildman–Crippen LogP) is 4.17. The van der Waals surface area contributed by atoms with Gasteiger partial charge in [0, 0.05) is 18.1 Å². The number of ketones is 1. The lowest BCUT2D eigenvalue weighted by molar-refractivity contribution is -0.116. The summed E-state index contributed by atoms with van der Waals surface area (Å²) in [6, 6.07) is 5.79. The number of rotatable bonds is 8. The molecule has 2 aliphatic rings. The fourth-order valence-corrected chi connectivity index (χ4v) is 5.41. The van der Waals surface area contributed by atoms with E-state index in [1.54, 1.807) is 13.8 Å². The number of furan rings is 1. The maximum Gasteiger partial charge on any atom is 0.199 e. The van der Waals surface area contributed by atoms with Crippen LogP contribution in [0.1, 0.15) is 60.9 Å². The fraction of sp³-hybridized carbons (Fsp3) is 0.522. The molecular weight excluding hydrogens is 386 g/mol. The third kappa shape index (κ3) is 4.19. The Kier molecular flexibility index (Phi) is 5.20. The first-order valence-electron chi connectivity index (χ1n) is 10.4. The number of hydrogen-bond donors (Lipinski definition) is 2. The molecule has 2 aliphatic carbocycles. The smallest absolute Gasteiger partial charge is 0.199 e. The zero-order valence-corrected chi connectivity index (χ0v) is 17.9. The van der Waals surface area contributed by atoms with Gasteiger partial charge in [-0.1, -0.05) is 31.4 Å². The van der Waals surface area contributed by atoms with Crippen LogP contribution in [0.3, 0.4) is 0 Å². The topological polar surface area (TPSA) is 91.4 Å². The SMILES string of the molecule is CC(C)(O)c1coc([S@@](=N)(=O)CC(=O)Cc2c(CC3CCC3)ccc3c2CC3)c1. The molecule has 1 fully saturated rings. The first kappa shape index (κ1) is 20.4. The number of nitrogens with one attached hydrogen (secondary N) is 1. The summed E-state index contributed by atoms with van der Waals surface area (Å²) in [5.41, 5.74) is 4.26. The van der Waals surface area contributed by atoms with Crippen LogP contribution in [0.4, 0.5) is 0 Å². The molecule has 0 unspecified atom stereocenters. The van der Waals surface area contributed by atoms with E-state index in [4.69, 9.17) is 9.20 Å². The molecule has 2 N–H and O–H groups in total. The maximum atomic E-state index is 12.9. The fourth-order valence-electron chi connectivity index (χ4n) is 4.19. The maximum absolute atomic E-state index is 12.9. The molecule has 0 spiro atoms. The molecule has 1 saturated carbocycles. The lowest BCUT2D eigenvalue weighted by atomic mass is 9.75. The van der Waals surface area contributed by atoms with E-state index < -0.39 is 15.3 Å². The quantitative estimate of drug-likeness (QED) is 0.677. The van der Waals surface area contributed by atoms with E-state index in [1.807, 2.05) is 0 Å². The van der Waals surface area contributed by atoms with E-state index in [-0.39, 0.29) is 23.0 Å². The van der Waals surface area contributed by atoms with Crippen LogP contribution in [0.25, 0.3) is 0 Å². The van der Waals surface area contributed by atoms with E-state index in [1.165, 1.54) is 48.3 Å². The molecule has 6 heteroatoms. The number of carbonyl (C=O) groups excluding carboxylic acids is 1. The lowest BCUT2D eigenvalue weighted by Gasteiger charge is -2.30. The Morgan fingerprint density at radius 3 is 2.62 bits per heavy atom. The monoisotopic (exact) mass is 415 g/mol. The molecule has 29 heavy (non-hydrogen) atoms. The van der Waals surface area contributed by atoms with Crippen LogP contribution in [0.5, 0.6) is 0 Å². The highest BCUT2D eigenvalue weighted by atomic mass is 32.2. The zero-order chi connectivity index (χ0) is 20.8. The van der Waals surface area contributed by atoms with Crippen LogP contribution in [0.15, 0.2) is 34.0 Å². The Labute approximate surface area is 172 Å². The summed E-state index contributed by atoms with van der Waals surface area (Å²) >= 11 is 0. The van der Waals surface area contributed by atoms with Gasteiger partial charge in [-0.15, -0.1) is 0 Å². The number of carbonyl (C=O) groups is 1. The summed E-state index contributed by atoms with van der Waals surface area (Å²) in [7, 11) is -3.38. The number of aryl methyl sites for hydroxylation is 1. The van der Waals surface area contributed by atoms with Crippen molar-refractivity contribution < 1.29 is 18.5 Å². The van der Waals surface area contributed by atoms with E-state index in [2.05, 4.69) is 12.1 Å². The van der Waals surface area contributed by atoms with Crippen molar-refractivity contribution in [3.63, 3.8) is 0 Å². The van der Waals surface area contributed by atoms with Crippen molar-refractivity contribution in [3.05, 3.63) is 52.3 Å². The minimum Gasteiger partial charge on any atom is -0.454 e. The van der Waals surface area contributed by atoms with Crippen LogP contribution >= 0.6 is 0 Å².